The van der Waals surface area contributed by atoms with E-state index in [0.29, 0.717) is 0 Å². The van der Waals surface area contributed by atoms with Crippen LogP contribution < -0.4 is 0 Å². The quantitative estimate of drug-likeness (QED) is 0.600. The van der Waals surface area contributed by atoms with Gasteiger partial charge in [0, 0.05) is 11.0 Å². The second kappa shape index (κ2) is 2.78. The SMILES string of the molecule is CSc1c[c]c(O)cc1. The second-order valence-corrected chi connectivity index (χ2v) is 2.49. The summed E-state index contributed by atoms with van der Waals surface area (Å²) in [6.07, 6.45) is 1.99. The number of phenols is 1. The molecule has 0 aliphatic rings. The molecule has 0 spiro atoms. The van der Waals surface area contributed by atoms with Crippen molar-refractivity contribution in [2.24, 2.45) is 0 Å². The van der Waals surface area contributed by atoms with Crippen LogP contribution in [0.15, 0.2) is 23.1 Å². The van der Waals surface area contributed by atoms with E-state index in [1.807, 2.05) is 12.3 Å². The maximum Gasteiger partial charge on any atom is 0.123 e. The van der Waals surface area contributed by atoms with Crippen LogP contribution in [0.4, 0.5) is 0 Å². The average molecular weight is 139 g/mol. The van der Waals surface area contributed by atoms with E-state index in [2.05, 4.69) is 6.07 Å². The molecule has 0 aliphatic carbocycles. The Kier molecular flexibility index (Phi) is 2.01. The van der Waals surface area contributed by atoms with Crippen LogP contribution in [0.5, 0.6) is 5.75 Å². The number of phenolic OH excluding ortho intramolecular Hbond substituents is 1. The highest BCUT2D eigenvalue weighted by molar-refractivity contribution is 7.98. The van der Waals surface area contributed by atoms with Gasteiger partial charge >= 0.3 is 0 Å². The number of benzene rings is 1. The number of rotatable bonds is 1. The van der Waals surface area contributed by atoms with Gasteiger partial charge < -0.3 is 5.11 Å². The summed E-state index contributed by atoms with van der Waals surface area (Å²) >= 11 is 1.64. The van der Waals surface area contributed by atoms with Gasteiger partial charge in [0.15, 0.2) is 0 Å². The lowest BCUT2D eigenvalue weighted by Gasteiger charge is -1.92. The first kappa shape index (κ1) is 6.49. The Hall–Kier alpha value is -0.630. The van der Waals surface area contributed by atoms with Crippen molar-refractivity contribution in [3.63, 3.8) is 0 Å². The highest BCUT2D eigenvalue weighted by Crippen LogP contribution is 2.16. The molecule has 0 aromatic heterocycles. The number of aromatic hydroxyl groups is 1. The van der Waals surface area contributed by atoms with Gasteiger partial charge in [0.1, 0.15) is 5.75 Å². The van der Waals surface area contributed by atoms with Gasteiger partial charge in [0.05, 0.1) is 0 Å². The molecule has 1 radical (unpaired) electrons. The monoisotopic (exact) mass is 139 g/mol. The third-order valence-corrected chi connectivity index (χ3v) is 1.73. The van der Waals surface area contributed by atoms with E-state index in [9.17, 15) is 0 Å². The third kappa shape index (κ3) is 1.64. The van der Waals surface area contributed by atoms with Crippen LogP contribution in [0.2, 0.25) is 0 Å². The number of hydrogen-bond donors (Lipinski definition) is 1. The number of thioether (sulfide) groups is 1. The molecule has 0 unspecified atom stereocenters. The van der Waals surface area contributed by atoms with Gasteiger partial charge in [-0.2, -0.15) is 0 Å². The van der Waals surface area contributed by atoms with E-state index in [-0.39, 0.29) is 5.75 Å². The summed E-state index contributed by atoms with van der Waals surface area (Å²) in [6.45, 7) is 0. The summed E-state index contributed by atoms with van der Waals surface area (Å²) in [7, 11) is 0. The van der Waals surface area contributed by atoms with Crippen LogP contribution in [0.25, 0.3) is 0 Å². The minimum absolute atomic E-state index is 0.202. The van der Waals surface area contributed by atoms with Crippen LogP contribution in [-0.2, 0) is 0 Å². The Bertz CT molecular complexity index is 181. The van der Waals surface area contributed by atoms with Gasteiger partial charge in [-0.1, -0.05) is 0 Å². The van der Waals surface area contributed by atoms with Crippen LogP contribution in [0.1, 0.15) is 0 Å². The first-order valence-electron chi connectivity index (χ1n) is 2.57. The van der Waals surface area contributed by atoms with Crippen molar-refractivity contribution in [1.82, 2.24) is 0 Å². The summed E-state index contributed by atoms with van der Waals surface area (Å²) in [6, 6.07) is 7.94. The van der Waals surface area contributed by atoms with Crippen LogP contribution in [0, 0.1) is 6.07 Å². The van der Waals surface area contributed by atoms with Gasteiger partial charge in [0.25, 0.3) is 0 Å². The summed E-state index contributed by atoms with van der Waals surface area (Å²) in [5, 5.41) is 8.79. The van der Waals surface area contributed by atoms with E-state index in [4.69, 9.17) is 5.11 Å². The van der Waals surface area contributed by atoms with Crippen LogP contribution >= 0.6 is 11.8 Å². The molecule has 0 atom stereocenters. The molecule has 1 aromatic rings. The fourth-order valence-corrected chi connectivity index (χ4v) is 0.910. The molecule has 1 aromatic carbocycles. The molecule has 0 amide bonds. The lowest BCUT2D eigenvalue weighted by Crippen LogP contribution is -1.67. The second-order valence-electron chi connectivity index (χ2n) is 1.61. The topological polar surface area (TPSA) is 20.2 Å². The lowest BCUT2D eigenvalue weighted by atomic mass is 10.3. The molecule has 0 saturated carbocycles. The van der Waals surface area contributed by atoms with Crippen molar-refractivity contribution in [3.05, 3.63) is 24.3 Å². The molecule has 0 bridgehead atoms. The van der Waals surface area contributed by atoms with Gasteiger partial charge in [-0.15, -0.1) is 11.8 Å². The molecule has 9 heavy (non-hydrogen) atoms. The van der Waals surface area contributed by atoms with Crippen molar-refractivity contribution in [3.8, 4) is 5.75 Å². The Morgan fingerprint density at radius 3 is 2.78 bits per heavy atom. The fourth-order valence-electron chi connectivity index (χ4n) is 0.529. The zero-order chi connectivity index (χ0) is 6.69. The summed E-state index contributed by atoms with van der Waals surface area (Å²) in [5.74, 6) is 0.202. The Balaban J connectivity index is 2.88. The van der Waals surface area contributed by atoms with E-state index in [1.54, 1.807) is 23.9 Å². The zero-order valence-electron chi connectivity index (χ0n) is 5.09. The smallest absolute Gasteiger partial charge is 0.123 e. The average Bonchev–Trinajstić information content (AvgIpc) is 1.90. The van der Waals surface area contributed by atoms with Crippen molar-refractivity contribution in [1.29, 1.82) is 0 Å². The van der Waals surface area contributed by atoms with E-state index < -0.39 is 0 Å². The van der Waals surface area contributed by atoms with Crippen molar-refractivity contribution in [2.45, 2.75) is 4.90 Å². The molecular weight excluding hydrogens is 132 g/mol. The standard InChI is InChI=1S/C7H7OS/c1-9-7-4-2-6(8)3-5-7/h2,4-5,8H,1H3. The van der Waals surface area contributed by atoms with E-state index in [0.717, 1.165) is 4.90 Å². The Morgan fingerprint density at radius 1 is 1.56 bits per heavy atom. The van der Waals surface area contributed by atoms with Gasteiger partial charge in [-0.25, -0.2) is 0 Å². The molecule has 0 fully saturated rings. The van der Waals surface area contributed by atoms with Gasteiger partial charge in [0.2, 0.25) is 0 Å². The molecule has 1 nitrogen and oxygen atoms in total. The Labute approximate surface area is 58.7 Å². The predicted molar refractivity (Wildman–Crippen MR) is 38.7 cm³/mol. The van der Waals surface area contributed by atoms with Crippen molar-refractivity contribution in [2.75, 3.05) is 6.26 Å². The fraction of sp³-hybridized carbons (Fsp3) is 0.143. The maximum atomic E-state index is 8.79. The molecule has 2 heteroatoms. The van der Waals surface area contributed by atoms with Crippen molar-refractivity contribution < 1.29 is 5.11 Å². The first-order valence-corrected chi connectivity index (χ1v) is 3.80. The summed E-state index contributed by atoms with van der Waals surface area (Å²) < 4.78 is 0. The van der Waals surface area contributed by atoms with Crippen molar-refractivity contribution >= 4 is 11.8 Å². The molecular formula is C7H7OS. The van der Waals surface area contributed by atoms with Crippen LogP contribution in [-0.4, -0.2) is 11.4 Å². The minimum Gasteiger partial charge on any atom is -0.507 e. The predicted octanol–water partition coefficient (Wildman–Crippen LogP) is 1.91. The molecule has 1 N–H and O–H groups in total. The van der Waals surface area contributed by atoms with Gasteiger partial charge in [-0.05, 0) is 24.5 Å². The largest absolute Gasteiger partial charge is 0.507 e. The van der Waals surface area contributed by atoms with Gasteiger partial charge in [-0.3, -0.25) is 0 Å². The minimum atomic E-state index is 0.202. The summed E-state index contributed by atoms with van der Waals surface area (Å²) in [4.78, 5) is 1.12. The molecule has 1 rings (SSSR count). The summed E-state index contributed by atoms with van der Waals surface area (Å²) in [5.41, 5.74) is 0. The Morgan fingerprint density at radius 2 is 2.33 bits per heavy atom. The molecule has 0 saturated heterocycles. The highest BCUT2D eigenvalue weighted by Gasteiger charge is 1.87. The maximum absolute atomic E-state index is 8.79. The lowest BCUT2D eigenvalue weighted by molar-refractivity contribution is 0.473. The molecule has 0 aliphatic heterocycles. The molecule has 47 valence electrons. The third-order valence-electron chi connectivity index (χ3n) is 1.00. The normalized spacial score (nSPS) is 9.44. The number of hydrogen-bond acceptors (Lipinski definition) is 2. The van der Waals surface area contributed by atoms with E-state index in [1.165, 1.54) is 0 Å². The van der Waals surface area contributed by atoms with Crippen LogP contribution in [0.3, 0.4) is 0 Å². The zero-order valence-corrected chi connectivity index (χ0v) is 5.90. The molecule has 0 heterocycles. The highest BCUT2D eigenvalue weighted by atomic mass is 32.2. The first-order chi connectivity index (χ1) is 4.33. The van der Waals surface area contributed by atoms with E-state index >= 15 is 0 Å².